The summed E-state index contributed by atoms with van der Waals surface area (Å²) in [5.41, 5.74) is 4.05. The van der Waals surface area contributed by atoms with E-state index in [1.54, 1.807) is 22.9 Å². The quantitative estimate of drug-likeness (QED) is 0.335. The van der Waals surface area contributed by atoms with Gasteiger partial charge in [-0.25, -0.2) is 14.5 Å². The molecule has 12 heteroatoms. The van der Waals surface area contributed by atoms with Crippen LogP contribution in [-0.4, -0.2) is 45.1 Å². The van der Waals surface area contributed by atoms with Gasteiger partial charge in [0.05, 0.1) is 22.6 Å². The molecule has 6 rings (SSSR count). The van der Waals surface area contributed by atoms with Crippen LogP contribution in [0.25, 0.3) is 5.69 Å². The standard InChI is InChI=1S/C29H24F2N4O6/c1-16-21-7-4-8-23(39-25-14-18(28(37)38)11-12-32-25)26(21)35(33-16)20-6-3-5-17(13-20)27(36)34(2)19-9-10-22-24(15-19)41-29(30,31)40-22/h3,5-6,9-15,23H,4,7-8H2,1-2H3,(H,37,38)/t23-/m1/s1. The Labute approximate surface area is 232 Å². The average molecular weight is 563 g/mol. The van der Waals surface area contributed by atoms with Crippen LogP contribution in [0.5, 0.6) is 17.4 Å². The van der Waals surface area contributed by atoms with Gasteiger partial charge in [0.25, 0.3) is 5.91 Å². The van der Waals surface area contributed by atoms with Gasteiger partial charge < -0.3 is 24.2 Å². The molecule has 0 saturated heterocycles. The van der Waals surface area contributed by atoms with Crippen LogP contribution in [0.1, 0.15) is 56.6 Å². The smallest absolute Gasteiger partial charge is 0.478 e. The lowest BCUT2D eigenvalue weighted by molar-refractivity contribution is -0.286. The molecule has 2 aromatic heterocycles. The van der Waals surface area contributed by atoms with Gasteiger partial charge in [0.2, 0.25) is 5.88 Å². The van der Waals surface area contributed by atoms with Gasteiger partial charge in [0.15, 0.2) is 11.5 Å². The van der Waals surface area contributed by atoms with E-state index in [0.717, 1.165) is 29.8 Å². The monoisotopic (exact) mass is 562 g/mol. The maximum atomic E-state index is 13.5. The highest BCUT2D eigenvalue weighted by atomic mass is 19.3. The Morgan fingerprint density at radius 3 is 2.71 bits per heavy atom. The normalized spacial score (nSPS) is 16.6. The largest absolute Gasteiger partial charge is 0.586 e. The van der Waals surface area contributed by atoms with E-state index in [4.69, 9.17) is 9.84 Å². The molecule has 1 atom stereocenters. The number of fused-ring (bicyclic) bond motifs is 2. The van der Waals surface area contributed by atoms with Crippen LogP contribution >= 0.6 is 0 Å². The summed E-state index contributed by atoms with van der Waals surface area (Å²) in [5, 5.41) is 14.1. The molecule has 0 unspecified atom stereocenters. The molecule has 210 valence electrons. The van der Waals surface area contributed by atoms with E-state index in [1.807, 2.05) is 13.0 Å². The second-order valence-electron chi connectivity index (χ2n) is 9.76. The van der Waals surface area contributed by atoms with Crippen LogP contribution in [-0.2, 0) is 6.42 Å². The Kier molecular flexibility index (Phi) is 6.32. The van der Waals surface area contributed by atoms with Gasteiger partial charge in [0.1, 0.15) is 6.10 Å². The van der Waals surface area contributed by atoms with Crippen molar-refractivity contribution >= 4 is 17.6 Å². The molecule has 0 radical (unpaired) electrons. The highest BCUT2D eigenvalue weighted by Crippen LogP contribution is 2.43. The summed E-state index contributed by atoms with van der Waals surface area (Å²) < 4.78 is 43.8. The zero-order valence-corrected chi connectivity index (χ0v) is 22.0. The van der Waals surface area contributed by atoms with Crippen LogP contribution in [0.3, 0.4) is 0 Å². The number of pyridine rings is 1. The van der Waals surface area contributed by atoms with E-state index in [2.05, 4.69) is 14.5 Å². The fourth-order valence-electron chi connectivity index (χ4n) is 5.11. The Balaban J connectivity index is 1.30. The lowest BCUT2D eigenvalue weighted by atomic mass is 9.93. The van der Waals surface area contributed by atoms with Gasteiger partial charge in [-0.1, -0.05) is 6.07 Å². The summed E-state index contributed by atoms with van der Waals surface area (Å²) in [6.07, 6.45) is -0.480. The summed E-state index contributed by atoms with van der Waals surface area (Å²) in [6, 6.07) is 13.8. The number of carboxylic acids is 1. The van der Waals surface area contributed by atoms with Crippen molar-refractivity contribution in [3.8, 4) is 23.1 Å². The third-order valence-corrected chi connectivity index (χ3v) is 7.08. The number of aryl methyl sites for hydroxylation is 1. The third-order valence-electron chi connectivity index (χ3n) is 7.08. The molecular weight excluding hydrogens is 538 g/mol. The number of anilines is 1. The van der Waals surface area contributed by atoms with Crippen molar-refractivity contribution in [2.24, 2.45) is 0 Å². The van der Waals surface area contributed by atoms with E-state index in [0.29, 0.717) is 23.4 Å². The van der Waals surface area contributed by atoms with Gasteiger partial charge in [-0.15, -0.1) is 8.78 Å². The van der Waals surface area contributed by atoms with Gasteiger partial charge >= 0.3 is 12.3 Å². The topological polar surface area (TPSA) is 116 Å². The van der Waals surface area contributed by atoms with Gasteiger partial charge in [0, 0.05) is 42.2 Å². The van der Waals surface area contributed by atoms with Crippen molar-refractivity contribution in [1.29, 1.82) is 0 Å². The third kappa shape index (κ3) is 4.92. The lowest BCUT2D eigenvalue weighted by Crippen LogP contribution is -2.26. The van der Waals surface area contributed by atoms with Crippen LogP contribution < -0.4 is 19.1 Å². The number of carbonyl (C=O) groups is 2. The van der Waals surface area contributed by atoms with E-state index in [-0.39, 0.29) is 28.8 Å². The van der Waals surface area contributed by atoms with Crippen molar-refractivity contribution in [3.05, 3.63) is 88.9 Å². The maximum Gasteiger partial charge on any atom is 0.586 e. The number of hydrogen-bond donors (Lipinski definition) is 1. The van der Waals surface area contributed by atoms with Crippen molar-refractivity contribution in [1.82, 2.24) is 14.8 Å². The van der Waals surface area contributed by atoms with Crippen molar-refractivity contribution in [3.63, 3.8) is 0 Å². The molecule has 3 heterocycles. The highest BCUT2D eigenvalue weighted by molar-refractivity contribution is 6.06. The Morgan fingerprint density at radius 2 is 1.90 bits per heavy atom. The van der Waals surface area contributed by atoms with E-state index in [1.165, 1.54) is 48.5 Å². The number of nitrogens with zero attached hydrogens (tertiary/aromatic N) is 4. The molecule has 0 bridgehead atoms. The molecule has 0 spiro atoms. The summed E-state index contributed by atoms with van der Waals surface area (Å²) in [4.78, 5) is 30.4. The molecule has 1 N–H and O–H groups in total. The number of benzene rings is 2. The van der Waals surface area contributed by atoms with E-state index < -0.39 is 18.4 Å². The van der Waals surface area contributed by atoms with Crippen LogP contribution in [0.15, 0.2) is 60.8 Å². The van der Waals surface area contributed by atoms with E-state index >= 15 is 0 Å². The molecule has 1 aliphatic carbocycles. The number of alkyl halides is 2. The molecule has 41 heavy (non-hydrogen) atoms. The van der Waals surface area contributed by atoms with Crippen LogP contribution in [0.2, 0.25) is 0 Å². The average Bonchev–Trinajstić information content (AvgIpc) is 3.47. The number of hydrogen-bond acceptors (Lipinski definition) is 7. The predicted molar refractivity (Wildman–Crippen MR) is 141 cm³/mol. The fourth-order valence-corrected chi connectivity index (χ4v) is 5.11. The lowest BCUT2D eigenvalue weighted by Gasteiger charge is -2.25. The van der Waals surface area contributed by atoms with Crippen molar-refractivity contribution in [2.75, 3.05) is 11.9 Å². The molecule has 2 aliphatic rings. The number of aromatic carboxylic acids is 1. The minimum absolute atomic E-state index is 0.0715. The first-order valence-corrected chi connectivity index (χ1v) is 12.8. The molecular formula is C29H24F2N4O6. The van der Waals surface area contributed by atoms with Gasteiger partial charge in [-0.2, -0.15) is 5.10 Å². The predicted octanol–water partition coefficient (Wildman–Crippen LogP) is 5.33. The van der Waals surface area contributed by atoms with Gasteiger partial charge in [-0.05, 0) is 62.6 Å². The molecule has 1 amide bonds. The number of carboxylic acid groups (broad SMARTS) is 1. The minimum Gasteiger partial charge on any atom is -0.478 e. The first-order valence-electron chi connectivity index (χ1n) is 12.8. The van der Waals surface area contributed by atoms with Gasteiger partial charge in [-0.3, -0.25) is 4.79 Å². The van der Waals surface area contributed by atoms with Crippen LogP contribution in [0.4, 0.5) is 14.5 Å². The number of ether oxygens (including phenoxy) is 3. The summed E-state index contributed by atoms with van der Waals surface area (Å²) >= 11 is 0. The molecule has 2 aromatic carbocycles. The molecule has 10 nitrogen and oxygen atoms in total. The summed E-state index contributed by atoms with van der Waals surface area (Å²) in [5.74, 6) is -1.53. The Hall–Kier alpha value is -5.00. The molecule has 0 saturated carbocycles. The number of rotatable bonds is 6. The Bertz CT molecular complexity index is 1690. The van der Waals surface area contributed by atoms with Crippen LogP contribution in [0, 0.1) is 6.92 Å². The first kappa shape index (κ1) is 26.2. The van der Waals surface area contributed by atoms with E-state index in [9.17, 15) is 23.5 Å². The number of aromatic nitrogens is 3. The maximum absolute atomic E-state index is 13.5. The SMILES string of the molecule is Cc1nn(-c2cccc(C(=O)N(C)c3ccc4c(c3)OC(F)(F)O4)c2)c2c1CCC[C@H]2Oc1cc(C(=O)O)ccn1. The zero-order valence-electron chi connectivity index (χ0n) is 22.0. The zero-order chi connectivity index (χ0) is 28.9. The second-order valence-corrected chi connectivity index (χ2v) is 9.76. The number of carbonyl (C=O) groups excluding carboxylic acids is 1. The summed E-state index contributed by atoms with van der Waals surface area (Å²) in [7, 11) is 1.53. The molecule has 1 aliphatic heterocycles. The van der Waals surface area contributed by atoms with Crippen molar-refractivity contribution < 1.29 is 37.7 Å². The Morgan fingerprint density at radius 1 is 1.10 bits per heavy atom. The fraction of sp³-hybridized carbons (Fsp3) is 0.241. The van der Waals surface area contributed by atoms with Crippen molar-refractivity contribution in [2.45, 2.75) is 38.6 Å². The second kappa shape index (κ2) is 9.88. The summed E-state index contributed by atoms with van der Waals surface area (Å²) in [6.45, 7) is 1.91. The first-order chi connectivity index (χ1) is 19.6. The number of amides is 1. The molecule has 0 fully saturated rings. The highest BCUT2D eigenvalue weighted by Gasteiger charge is 2.43. The number of halogens is 2. The molecule has 4 aromatic rings. The minimum atomic E-state index is -3.75.